The fourth-order valence-corrected chi connectivity index (χ4v) is 2.45. The molecule has 76 valence electrons. The van der Waals surface area contributed by atoms with Crippen LogP contribution in [0.3, 0.4) is 0 Å². The second-order valence-corrected chi connectivity index (χ2v) is 4.34. The Balaban J connectivity index is 3.00. The molecule has 0 amide bonds. The highest BCUT2D eigenvalue weighted by Crippen LogP contribution is 2.40. The van der Waals surface area contributed by atoms with Crippen LogP contribution in [0.5, 0.6) is 0 Å². The maximum atomic E-state index is 10.4. The summed E-state index contributed by atoms with van der Waals surface area (Å²) in [4.78, 5) is 14.1. The molecule has 14 heavy (non-hydrogen) atoms. The summed E-state index contributed by atoms with van der Waals surface area (Å²) in [5, 5.41) is 9.17. The summed E-state index contributed by atoms with van der Waals surface area (Å²) in [6, 6.07) is 2.22. The van der Waals surface area contributed by atoms with E-state index < -0.39 is 5.54 Å². The SMILES string of the molecule is CC(C)C1CCCCC1(C#N)N=C=O. The van der Waals surface area contributed by atoms with E-state index in [4.69, 9.17) is 5.26 Å². The van der Waals surface area contributed by atoms with Crippen molar-refractivity contribution in [2.45, 2.75) is 45.1 Å². The molecule has 2 unspecified atom stereocenters. The van der Waals surface area contributed by atoms with E-state index in [0.29, 0.717) is 12.3 Å². The van der Waals surface area contributed by atoms with Crippen molar-refractivity contribution in [1.29, 1.82) is 5.26 Å². The lowest BCUT2D eigenvalue weighted by molar-refractivity contribution is 0.190. The van der Waals surface area contributed by atoms with Crippen molar-refractivity contribution in [3.8, 4) is 6.07 Å². The molecule has 0 radical (unpaired) electrons. The lowest BCUT2D eigenvalue weighted by Crippen LogP contribution is -2.40. The van der Waals surface area contributed by atoms with Gasteiger partial charge in [-0.1, -0.05) is 20.3 Å². The van der Waals surface area contributed by atoms with Crippen molar-refractivity contribution in [2.75, 3.05) is 0 Å². The Morgan fingerprint density at radius 2 is 2.21 bits per heavy atom. The zero-order chi connectivity index (χ0) is 10.6. The molecule has 1 aliphatic carbocycles. The molecular weight excluding hydrogens is 176 g/mol. The van der Waals surface area contributed by atoms with Crippen molar-refractivity contribution in [1.82, 2.24) is 0 Å². The Bertz CT molecular complexity index is 286. The number of hydrogen-bond donors (Lipinski definition) is 0. The molecule has 2 atom stereocenters. The minimum atomic E-state index is -0.784. The maximum absolute atomic E-state index is 10.4. The third kappa shape index (κ3) is 1.86. The summed E-state index contributed by atoms with van der Waals surface area (Å²) < 4.78 is 0. The molecule has 0 spiro atoms. The molecule has 0 bridgehead atoms. The first-order valence-corrected chi connectivity index (χ1v) is 5.16. The Morgan fingerprint density at radius 3 is 2.71 bits per heavy atom. The Kier molecular flexibility index (Phi) is 3.43. The van der Waals surface area contributed by atoms with Crippen LogP contribution in [0, 0.1) is 23.2 Å². The highest BCUT2D eigenvalue weighted by atomic mass is 16.1. The number of isocyanates is 1. The molecule has 0 aromatic carbocycles. The molecule has 0 aliphatic heterocycles. The van der Waals surface area contributed by atoms with Gasteiger partial charge in [0, 0.05) is 5.92 Å². The molecule has 0 saturated heterocycles. The predicted octanol–water partition coefficient (Wildman–Crippen LogP) is 2.43. The zero-order valence-corrected chi connectivity index (χ0v) is 8.79. The van der Waals surface area contributed by atoms with Gasteiger partial charge in [0.05, 0.1) is 6.07 Å². The van der Waals surface area contributed by atoms with Crippen molar-refractivity contribution in [2.24, 2.45) is 16.8 Å². The lowest BCUT2D eigenvalue weighted by atomic mass is 9.69. The van der Waals surface area contributed by atoms with Gasteiger partial charge in [-0.25, -0.2) is 4.79 Å². The lowest BCUT2D eigenvalue weighted by Gasteiger charge is -2.37. The quantitative estimate of drug-likeness (QED) is 0.498. The van der Waals surface area contributed by atoms with Crippen LogP contribution in [0.25, 0.3) is 0 Å². The summed E-state index contributed by atoms with van der Waals surface area (Å²) in [5.41, 5.74) is -0.784. The first-order chi connectivity index (χ1) is 6.66. The fourth-order valence-electron chi connectivity index (χ4n) is 2.45. The van der Waals surface area contributed by atoms with E-state index in [1.54, 1.807) is 6.08 Å². The average Bonchev–Trinajstić information content (AvgIpc) is 2.18. The molecule has 0 aromatic rings. The van der Waals surface area contributed by atoms with Crippen LogP contribution in [0.15, 0.2) is 4.99 Å². The third-order valence-corrected chi connectivity index (χ3v) is 3.18. The molecule has 1 aliphatic rings. The van der Waals surface area contributed by atoms with Gasteiger partial charge < -0.3 is 0 Å². The predicted molar refractivity (Wildman–Crippen MR) is 53.3 cm³/mol. The first kappa shape index (κ1) is 10.9. The van der Waals surface area contributed by atoms with E-state index in [1.165, 1.54) is 0 Å². The van der Waals surface area contributed by atoms with Crippen LogP contribution >= 0.6 is 0 Å². The van der Waals surface area contributed by atoms with Gasteiger partial charge in [-0.3, -0.25) is 0 Å². The van der Waals surface area contributed by atoms with Gasteiger partial charge in [0.15, 0.2) is 5.54 Å². The van der Waals surface area contributed by atoms with E-state index in [1.807, 2.05) is 0 Å². The molecule has 1 fully saturated rings. The molecule has 3 heteroatoms. The average molecular weight is 192 g/mol. The van der Waals surface area contributed by atoms with Crippen molar-refractivity contribution in [3.05, 3.63) is 0 Å². The van der Waals surface area contributed by atoms with Gasteiger partial charge in [0.25, 0.3) is 0 Å². The first-order valence-electron chi connectivity index (χ1n) is 5.16. The highest BCUT2D eigenvalue weighted by molar-refractivity contribution is 5.37. The Hall–Kier alpha value is -1.13. The number of rotatable bonds is 2. The summed E-state index contributed by atoms with van der Waals surface area (Å²) in [6.45, 7) is 4.17. The monoisotopic (exact) mass is 192 g/mol. The molecule has 1 saturated carbocycles. The van der Waals surface area contributed by atoms with E-state index in [0.717, 1.165) is 19.3 Å². The molecular formula is C11H16N2O. The maximum Gasteiger partial charge on any atom is 0.236 e. The summed E-state index contributed by atoms with van der Waals surface area (Å²) >= 11 is 0. The van der Waals surface area contributed by atoms with Gasteiger partial charge in [-0.2, -0.15) is 10.3 Å². The summed E-state index contributed by atoms with van der Waals surface area (Å²) in [5.74, 6) is 0.606. The summed E-state index contributed by atoms with van der Waals surface area (Å²) in [6.07, 6.45) is 5.40. The van der Waals surface area contributed by atoms with E-state index >= 15 is 0 Å². The third-order valence-electron chi connectivity index (χ3n) is 3.18. The number of nitriles is 1. The van der Waals surface area contributed by atoms with Crippen LogP contribution in [0.1, 0.15) is 39.5 Å². The second-order valence-electron chi connectivity index (χ2n) is 4.34. The van der Waals surface area contributed by atoms with Crippen LogP contribution < -0.4 is 0 Å². The molecule has 0 N–H and O–H groups in total. The topological polar surface area (TPSA) is 53.2 Å². The van der Waals surface area contributed by atoms with Crippen molar-refractivity contribution >= 4 is 6.08 Å². The Morgan fingerprint density at radius 1 is 1.50 bits per heavy atom. The zero-order valence-electron chi connectivity index (χ0n) is 8.79. The molecule has 0 aromatic heterocycles. The van der Waals surface area contributed by atoms with Gasteiger partial charge in [-0.15, -0.1) is 0 Å². The number of nitrogens with zero attached hydrogens (tertiary/aromatic N) is 2. The summed E-state index contributed by atoms with van der Waals surface area (Å²) in [7, 11) is 0. The minimum absolute atomic E-state index is 0.211. The van der Waals surface area contributed by atoms with E-state index in [-0.39, 0.29) is 5.92 Å². The smallest absolute Gasteiger partial charge is 0.211 e. The Labute approximate surface area is 84.8 Å². The van der Waals surface area contributed by atoms with Gasteiger partial charge in [-0.05, 0) is 25.2 Å². The largest absolute Gasteiger partial charge is 0.236 e. The fraction of sp³-hybridized carbons (Fsp3) is 0.818. The highest BCUT2D eigenvalue weighted by Gasteiger charge is 2.42. The molecule has 0 heterocycles. The molecule has 3 nitrogen and oxygen atoms in total. The normalized spacial score (nSPS) is 32.0. The van der Waals surface area contributed by atoms with Crippen LogP contribution in [0.2, 0.25) is 0 Å². The molecule has 1 rings (SSSR count). The van der Waals surface area contributed by atoms with Crippen LogP contribution in [-0.4, -0.2) is 11.6 Å². The standard InChI is InChI=1S/C11H16N2O/c1-9(2)10-5-3-4-6-11(10,7-12)13-8-14/h9-10H,3-6H2,1-2H3. The minimum Gasteiger partial charge on any atom is -0.211 e. The van der Waals surface area contributed by atoms with Crippen LogP contribution in [-0.2, 0) is 4.79 Å². The van der Waals surface area contributed by atoms with Gasteiger partial charge in [0.1, 0.15) is 0 Å². The van der Waals surface area contributed by atoms with Gasteiger partial charge >= 0.3 is 0 Å². The number of carbonyl (C=O) groups excluding carboxylic acids is 1. The van der Waals surface area contributed by atoms with Crippen molar-refractivity contribution < 1.29 is 4.79 Å². The van der Waals surface area contributed by atoms with Crippen LogP contribution in [0.4, 0.5) is 0 Å². The number of hydrogen-bond acceptors (Lipinski definition) is 3. The van der Waals surface area contributed by atoms with Gasteiger partial charge in [0.2, 0.25) is 6.08 Å². The van der Waals surface area contributed by atoms with E-state index in [2.05, 4.69) is 24.9 Å². The van der Waals surface area contributed by atoms with Crippen molar-refractivity contribution in [3.63, 3.8) is 0 Å². The van der Waals surface area contributed by atoms with E-state index in [9.17, 15) is 4.79 Å². The number of aliphatic imine (C=N–C) groups is 1. The second kappa shape index (κ2) is 4.39.